The van der Waals surface area contributed by atoms with Crippen LogP contribution in [-0.4, -0.2) is 27.2 Å². The van der Waals surface area contributed by atoms with Gasteiger partial charge in [-0.25, -0.2) is 13.1 Å². The number of sulfonamides is 1. The van der Waals surface area contributed by atoms with E-state index in [0.29, 0.717) is 0 Å². The van der Waals surface area contributed by atoms with Crippen LogP contribution >= 0.6 is 0 Å². The molecule has 6 heteroatoms. The number of ether oxygens (including phenoxy) is 1. The quantitative estimate of drug-likeness (QED) is 0.722. The topological polar surface area (TPSA) is 72.5 Å². The molecule has 0 amide bonds. The Kier molecular flexibility index (Phi) is 4.53. The Morgan fingerprint density at radius 2 is 1.93 bits per heavy atom. The summed E-state index contributed by atoms with van der Waals surface area (Å²) in [5.41, 5.74) is 0. The lowest BCUT2D eigenvalue weighted by atomic mass is 9.96. The van der Waals surface area contributed by atoms with Crippen LogP contribution < -0.4 is 4.72 Å². The van der Waals surface area contributed by atoms with Gasteiger partial charge in [-0.3, -0.25) is 4.79 Å². The molecule has 0 atom stereocenters. The summed E-state index contributed by atoms with van der Waals surface area (Å²) < 4.78 is 29.6. The third-order valence-electron chi connectivity index (χ3n) is 2.29. The number of esters is 1. The lowest BCUT2D eigenvalue weighted by molar-refractivity contribution is -0.137. The van der Waals surface area contributed by atoms with E-state index in [0.717, 1.165) is 38.1 Å². The highest BCUT2D eigenvalue weighted by atomic mass is 32.2. The zero-order valence-corrected chi connectivity index (χ0v) is 9.60. The highest BCUT2D eigenvalue weighted by molar-refractivity contribution is 7.90. The van der Waals surface area contributed by atoms with Gasteiger partial charge in [-0.15, -0.1) is 0 Å². The summed E-state index contributed by atoms with van der Waals surface area (Å²) >= 11 is 0. The molecule has 1 saturated carbocycles. The van der Waals surface area contributed by atoms with E-state index >= 15 is 0 Å². The molecule has 1 aliphatic rings. The van der Waals surface area contributed by atoms with Crippen molar-refractivity contribution in [2.24, 2.45) is 0 Å². The molecule has 0 aromatic heterocycles. The molecule has 0 aromatic carbocycles. The first kappa shape index (κ1) is 12.4. The molecule has 0 aliphatic heterocycles. The molecule has 87 valence electrons. The highest BCUT2D eigenvalue weighted by Gasteiger charge is 2.23. The second kappa shape index (κ2) is 5.46. The van der Waals surface area contributed by atoms with E-state index in [1.165, 1.54) is 7.11 Å². The van der Waals surface area contributed by atoms with Gasteiger partial charge in [-0.05, 0) is 12.8 Å². The third kappa shape index (κ3) is 4.61. The molecule has 1 radical (unpaired) electrons. The molecule has 1 N–H and O–H groups in total. The van der Waals surface area contributed by atoms with Crippen LogP contribution in [-0.2, 0) is 19.6 Å². The average molecular weight is 234 g/mol. The van der Waals surface area contributed by atoms with Crippen molar-refractivity contribution in [2.45, 2.75) is 32.1 Å². The van der Waals surface area contributed by atoms with E-state index in [-0.39, 0.29) is 0 Å². The van der Waals surface area contributed by atoms with Crippen molar-refractivity contribution in [2.75, 3.05) is 12.9 Å². The van der Waals surface area contributed by atoms with Gasteiger partial charge in [0.1, 0.15) is 0 Å². The van der Waals surface area contributed by atoms with E-state index < -0.39 is 21.7 Å². The van der Waals surface area contributed by atoms with Crippen molar-refractivity contribution in [1.29, 1.82) is 0 Å². The zero-order valence-electron chi connectivity index (χ0n) is 8.78. The molecule has 5 nitrogen and oxygen atoms in total. The predicted octanol–water partition coefficient (Wildman–Crippen LogP) is 0.575. The maximum atomic E-state index is 11.4. The van der Waals surface area contributed by atoms with Gasteiger partial charge >= 0.3 is 5.97 Å². The van der Waals surface area contributed by atoms with Crippen molar-refractivity contribution in [3.63, 3.8) is 0 Å². The summed E-state index contributed by atoms with van der Waals surface area (Å²) in [4.78, 5) is 10.8. The number of methoxy groups -OCH3 is 1. The fourth-order valence-electron chi connectivity index (χ4n) is 1.55. The summed E-state index contributed by atoms with van der Waals surface area (Å²) in [6.45, 7) is 0. The van der Waals surface area contributed by atoms with Crippen molar-refractivity contribution in [3.8, 4) is 0 Å². The smallest absolute Gasteiger partial charge is 0.322 e. The molecular weight excluding hydrogens is 218 g/mol. The first-order valence-corrected chi connectivity index (χ1v) is 6.61. The molecule has 15 heavy (non-hydrogen) atoms. The van der Waals surface area contributed by atoms with Gasteiger partial charge in [0.2, 0.25) is 10.0 Å². The number of rotatable bonds is 4. The first-order chi connectivity index (χ1) is 7.03. The van der Waals surface area contributed by atoms with Gasteiger partial charge < -0.3 is 4.74 Å². The van der Waals surface area contributed by atoms with Crippen molar-refractivity contribution < 1.29 is 17.9 Å². The Labute approximate surface area is 90.2 Å². The average Bonchev–Trinajstić information content (AvgIpc) is 2.17. The fraction of sp³-hybridized carbons (Fsp3) is 0.778. The van der Waals surface area contributed by atoms with Crippen molar-refractivity contribution >= 4 is 16.0 Å². The molecule has 1 aliphatic carbocycles. The Morgan fingerprint density at radius 1 is 1.33 bits per heavy atom. The second-order valence-corrected chi connectivity index (χ2v) is 5.32. The van der Waals surface area contributed by atoms with Crippen LogP contribution in [0.1, 0.15) is 32.1 Å². The van der Waals surface area contributed by atoms with Gasteiger partial charge in [0.05, 0.1) is 13.2 Å². The zero-order chi connectivity index (χ0) is 11.3. The van der Waals surface area contributed by atoms with Crippen molar-refractivity contribution in [1.82, 2.24) is 4.72 Å². The largest absolute Gasteiger partial charge is 0.468 e. The van der Waals surface area contributed by atoms with Crippen LogP contribution in [0.4, 0.5) is 0 Å². The molecular formula is C9H16NO4S. The molecule has 1 rings (SSSR count). The van der Waals surface area contributed by atoms with Gasteiger partial charge in [0.25, 0.3) is 0 Å². The standard InChI is InChI=1S/C9H16NO4S/c1-14-9(11)7-15(12,13)10-8-5-3-2-4-6-8/h10H,2-7H2,1H3. The SMILES string of the molecule is COC(=O)CS(=O)(=O)N[C]1CCCCC1. The van der Waals surface area contributed by atoms with Gasteiger partial charge in [0, 0.05) is 0 Å². The highest BCUT2D eigenvalue weighted by Crippen LogP contribution is 2.23. The second-order valence-electron chi connectivity index (χ2n) is 3.60. The summed E-state index contributed by atoms with van der Waals surface area (Å²) in [6, 6.07) is 0.810. The fourth-order valence-corrected chi connectivity index (χ4v) is 2.69. The summed E-state index contributed by atoms with van der Waals surface area (Å²) in [7, 11) is -2.38. The summed E-state index contributed by atoms with van der Waals surface area (Å²) in [5, 5.41) is 0. The van der Waals surface area contributed by atoms with E-state index in [1.807, 2.05) is 0 Å². The minimum absolute atomic E-state index is 0.604. The van der Waals surface area contributed by atoms with Gasteiger partial charge in [0.15, 0.2) is 5.75 Å². The van der Waals surface area contributed by atoms with Crippen LogP contribution in [0, 0.1) is 6.04 Å². The van der Waals surface area contributed by atoms with Gasteiger partial charge in [-0.1, -0.05) is 19.3 Å². The number of carbonyl (C=O) groups excluding carboxylic acids is 1. The first-order valence-electron chi connectivity index (χ1n) is 4.95. The normalized spacial score (nSPS) is 18.7. The molecule has 1 fully saturated rings. The number of hydrogen-bond acceptors (Lipinski definition) is 4. The summed E-state index contributed by atoms with van der Waals surface area (Å²) in [5.74, 6) is -1.34. The lowest BCUT2D eigenvalue weighted by Gasteiger charge is -2.21. The minimum atomic E-state index is -3.55. The molecule has 0 heterocycles. The van der Waals surface area contributed by atoms with Crippen LogP contribution in [0.3, 0.4) is 0 Å². The van der Waals surface area contributed by atoms with Crippen LogP contribution in [0.25, 0.3) is 0 Å². The lowest BCUT2D eigenvalue weighted by Crippen LogP contribution is -2.34. The number of nitrogens with one attached hydrogen (secondary N) is 1. The minimum Gasteiger partial charge on any atom is -0.468 e. The molecule has 0 saturated heterocycles. The molecule has 0 aromatic rings. The molecule has 0 spiro atoms. The van der Waals surface area contributed by atoms with Crippen LogP contribution in [0.5, 0.6) is 0 Å². The van der Waals surface area contributed by atoms with E-state index in [1.54, 1.807) is 0 Å². The van der Waals surface area contributed by atoms with Crippen molar-refractivity contribution in [3.05, 3.63) is 6.04 Å². The number of carbonyl (C=O) groups is 1. The third-order valence-corrected chi connectivity index (χ3v) is 3.51. The maximum Gasteiger partial charge on any atom is 0.322 e. The predicted molar refractivity (Wildman–Crippen MR) is 55.3 cm³/mol. The Balaban J connectivity index is 2.44. The van der Waals surface area contributed by atoms with Gasteiger partial charge in [-0.2, -0.15) is 0 Å². The maximum absolute atomic E-state index is 11.4. The number of hydrogen-bond donors (Lipinski definition) is 1. The van der Waals surface area contributed by atoms with E-state index in [9.17, 15) is 13.2 Å². The Hall–Kier alpha value is -0.620. The van der Waals surface area contributed by atoms with Crippen LogP contribution in [0.2, 0.25) is 0 Å². The molecule has 0 bridgehead atoms. The monoisotopic (exact) mass is 234 g/mol. The molecule has 0 unspecified atom stereocenters. The van der Waals surface area contributed by atoms with Crippen LogP contribution in [0.15, 0.2) is 0 Å². The Morgan fingerprint density at radius 3 is 2.47 bits per heavy atom. The van der Waals surface area contributed by atoms with E-state index in [4.69, 9.17) is 0 Å². The summed E-state index contributed by atoms with van der Waals surface area (Å²) in [6.07, 6.45) is 4.72. The van der Waals surface area contributed by atoms with E-state index in [2.05, 4.69) is 9.46 Å². The Bertz CT molecular complexity index is 306.